The lowest BCUT2D eigenvalue weighted by atomic mass is 9.97. The summed E-state index contributed by atoms with van der Waals surface area (Å²) < 4.78 is 2.06. The van der Waals surface area contributed by atoms with E-state index in [2.05, 4.69) is 19.7 Å². The van der Waals surface area contributed by atoms with Gasteiger partial charge < -0.3 is 5.32 Å². The third-order valence-electron chi connectivity index (χ3n) is 3.14. The van der Waals surface area contributed by atoms with Crippen molar-refractivity contribution in [2.45, 2.75) is 18.8 Å². The zero-order valence-corrected chi connectivity index (χ0v) is 9.61. The number of hydrogen-bond acceptors (Lipinski definition) is 3. The van der Waals surface area contributed by atoms with Gasteiger partial charge in [0.2, 0.25) is 0 Å². The lowest BCUT2D eigenvalue weighted by Crippen LogP contribution is -2.27. The Labute approximate surface area is 98.7 Å². The van der Waals surface area contributed by atoms with Crippen molar-refractivity contribution in [3.05, 3.63) is 29.6 Å². The van der Waals surface area contributed by atoms with Crippen molar-refractivity contribution >= 4 is 17.1 Å². The highest BCUT2D eigenvalue weighted by atomic mass is 35.5. The van der Waals surface area contributed by atoms with Crippen LogP contribution in [-0.2, 0) is 0 Å². The first kappa shape index (κ1) is 10.1. The Hall–Kier alpha value is -1.13. The number of imidazole rings is 1. The Morgan fingerprint density at radius 2 is 2.12 bits per heavy atom. The fourth-order valence-corrected chi connectivity index (χ4v) is 2.49. The van der Waals surface area contributed by atoms with Crippen LogP contribution in [0.1, 0.15) is 24.6 Å². The van der Waals surface area contributed by atoms with Gasteiger partial charge in [-0.05, 0) is 25.9 Å². The van der Waals surface area contributed by atoms with E-state index >= 15 is 0 Å². The van der Waals surface area contributed by atoms with Crippen molar-refractivity contribution in [1.29, 1.82) is 0 Å². The van der Waals surface area contributed by atoms with E-state index in [-0.39, 0.29) is 0 Å². The molecule has 1 saturated heterocycles. The Morgan fingerprint density at radius 1 is 1.31 bits per heavy atom. The molecule has 0 aromatic carbocycles. The van der Waals surface area contributed by atoms with E-state index in [4.69, 9.17) is 11.6 Å². The number of rotatable bonds is 1. The number of halogens is 1. The molecule has 0 amide bonds. The quantitative estimate of drug-likeness (QED) is 0.822. The third kappa shape index (κ3) is 1.58. The van der Waals surface area contributed by atoms with Crippen LogP contribution in [0.4, 0.5) is 0 Å². The Morgan fingerprint density at radius 3 is 2.94 bits per heavy atom. The van der Waals surface area contributed by atoms with Crippen LogP contribution in [0.15, 0.2) is 18.6 Å². The molecular weight excluding hydrogens is 224 g/mol. The monoisotopic (exact) mass is 236 g/mol. The number of aromatic nitrogens is 3. The molecule has 3 heterocycles. The molecule has 84 valence electrons. The molecule has 0 spiro atoms. The molecule has 0 radical (unpaired) electrons. The lowest BCUT2D eigenvalue weighted by molar-refractivity contribution is 0.444. The molecule has 4 nitrogen and oxygen atoms in total. The van der Waals surface area contributed by atoms with E-state index in [1.807, 2.05) is 12.4 Å². The minimum absolute atomic E-state index is 0.523. The summed E-state index contributed by atoms with van der Waals surface area (Å²) in [6.45, 7) is 2.14. The molecule has 0 atom stereocenters. The van der Waals surface area contributed by atoms with Crippen molar-refractivity contribution < 1.29 is 0 Å². The first-order valence-electron chi connectivity index (χ1n) is 5.54. The highest BCUT2D eigenvalue weighted by molar-refractivity contribution is 6.32. The fourth-order valence-electron chi connectivity index (χ4n) is 2.30. The number of nitrogens with zero attached hydrogens (tertiary/aromatic N) is 3. The molecule has 1 N–H and O–H groups in total. The van der Waals surface area contributed by atoms with Crippen molar-refractivity contribution in [2.75, 3.05) is 13.1 Å². The zero-order chi connectivity index (χ0) is 11.0. The van der Waals surface area contributed by atoms with Crippen LogP contribution >= 0.6 is 11.6 Å². The van der Waals surface area contributed by atoms with Gasteiger partial charge in [-0.1, -0.05) is 11.6 Å². The maximum absolute atomic E-state index is 6.03. The summed E-state index contributed by atoms with van der Waals surface area (Å²) in [5.41, 5.74) is 0.901. The van der Waals surface area contributed by atoms with Crippen LogP contribution in [0.2, 0.25) is 5.15 Å². The van der Waals surface area contributed by atoms with Crippen LogP contribution in [0.25, 0.3) is 5.52 Å². The fraction of sp³-hybridized carbons (Fsp3) is 0.455. The zero-order valence-electron chi connectivity index (χ0n) is 8.86. The lowest BCUT2D eigenvalue weighted by Gasteiger charge is -2.21. The van der Waals surface area contributed by atoms with Gasteiger partial charge in [-0.15, -0.1) is 0 Å². The van der Waals surface area contributed by atoms with Gasteiger partial charge in [-0.25, -0.2) is 9.97 Å². The molecule has 1 aliphatic rings. The molecule has 5 heteroatoms. The van der Waals surface area contributed by atoms with Gasteiger partial charge in [0.25, 0.3) is 0 Å². The second kappa shape index (κ2) is 4.03. The molecule has 2 aromatic heterocycles. The van der Waals surface area contributed by atoms with E-state index < -0.39 is 0 Å². The van der Waals surface area contributed by atoms with Gasteiger partial charge in [-0.3, -0.25) is 4.40 Å². The average molecular weight is 237 g/mol. The van der Waals surface area contributed by atoms with Gasteiger partial charge in [-0.2, -0.15) is 0 Å². The molecule has 0 bridgehead atoms. The summed E-state index contributed by atoms with van der Waals surface area (Å²) in [4.78, 5) is 8.55. The van der Waals surface area contributed by atoms with Crippen LogP contribution in [0.5, 0.6) is 0 Å². The highest BCUT2D eigenvalue weighted by Gasteiger charge is 2.20. The number of hydrogen-bond donors (Lipinski definition) is 1. The standard InChI is InChI=1S/C11H13ClN4/c12-10-9-7-15-11(16(9)6-5-14-10)8-1-3-13-4-2-8/h5-8,13H,1-4H2. The summed E-state index contributed by atoms with van der Waals surface area (Å²) in [5, 5.41) is 3.88. The summed E-state index contributed by atoms with van der Waals surface area (Å²) in [5.74, 6) is 1.64. The predicted molar refractivity (Wildman–Crippen MR) is 62.8 cm³/mol. The van der Waals surface area contributed by atoms with E-state index in [1.165, 1.54) is 0 Å². The molecule has 1 fully saturated rings. The summed E-state index contributed by atoms with van der Waals surface area (Å²) >= 11 is 6.03. The molecule has 1 aliphatic heterocycles. The van der Waals surface area contributed by atoms with E-state index in [1.54, 1.807) is 6.20 Å². The Balaban J connectivity index is 2.06. The first-order valence-corrected chi connectivity index (χ1v) is 5.92. The average Bonchev–Trinajstić information content (AvgIpc) is 2.75. The maximum atomic E-state index is 6.03. The molecule has 2 aromatic rings. The Kier molecular flexibility index (Phi) is 2.53. The van der Waals surface area contributed by atoms with Crippen LogP contribution in [0.3, 0.4) is 0 Å². The largest absolute Gasteiger partial charge is 0.317 e. The van der Waals surface area contributed by atoms with Crippen molar-refractivity contribution in [3.8, 4) is 0 Å². The topological polar surface area (TPSA) is 42.2 Å². The molecule has 0 aliphatic carbocycles. The summed E-state index contributed by atoms with van der Waals surface area (Å²) in [6.07, 6.45) is 7.75. The van der Waals surface area contributed by atoms with Gasteiger partial charge in [0.15, 0.2) is 5.15 Å². The first-order chi connectivity index (χ1) is 7.86. The van der Waals surface area contributed by atoms with Crippen LogP contribution in [-0.4, -0.2) is 27.5 Å². The minimum Gasteiger partial charge on any atom is -0.317 e. The van der Waals surface area contributed by atoms with Gasteiger partial charge >= 0.3 is 0 Å². The van der Waals surface area contributed by atoms with Crippen molar-refractivity contribution in [3.63, 3.8) is 0 Å². The molecule has 0 unspecified atom stereocenters. The van der Waals surface area contributed by atoms with Crippen molar-refractivity contribution in [1.82, 2.24) is 19.7 Å². The Bertz CT molecular complexity index is 502. The van der Waals surface area contributed by atoms with E-state index in [0.717, 1.165) is 37.3 Å². The van der Waals surface area contributed by atoms with E-state index in [9.17, 15) is 0 Å². The van der Waals surface area contributed by atoms with Crippen LogP contribution in [0, 0.1) is 0 Å². The van der Waals surface area contributed by atoms with E-state index in [0.29, 0.717) is 11.1 Å². The molecule has 0 saturated carbocycles. The second-order valence-electron chi connectivity index (χ2n) is 4.11. The number of fused-ring (bicyclic) bond motifs is 1. The minimum atomic E-state index is 0.523. The second-order valence-corrected chi connectivity index (χ2v) is 4.47. The van der Waals surface area contributed by atoms with Gasteiger partial charge in [0.1, 0.15) is 11.3 Å². The molecular formula is C11H13ClN4. The summed E-state index contributed by atoms with van der Waals surface area (Å²) in [6, 6.07) is 0. The van der Waals surface area contributed by atoms with Crippen LogP contribution < -0.4 is 5.32 Å². The molecule has 16 heavy (non-hydrogen) atoms. The summed E-state index contributed by atoms with van der Waals surface area (Å²) in [7, 11) is 0. The molecule has 3 rings (SSSR count). The normalized spacial score (nSPS) is 18.1. The van der Waals surface area contributed by atoms with Gasteiger partial charge in [0.05, 0.1) is 6.20 Å². The number of nitrogens with one attached hydrogen (secondary N) is 1. The smallest absolute Gasteiger partial charge is 0.154 e. The number of piperidine rings is 1. The van der Waals surface area contributed by atoms with Gasteiger partial charge in [0, 0.05) is 18.3 Å². The highest BCUT2D eigenvalue weighted by Crippen LogP contribution is 2.26. The van der Waals surface area contributed by atoms with Crippen molar-refractivity contribution in [2.24, 2.45) is 0 Å². The third-order valence-corrected chi connectivity index (χ3v) is 3.44. The predicted octanol–water partition coefficient (Wildman–Crippen LogP) is 1.85. The SMILES string of the molecule is Clc1nccn2c(C3CCNCC3)ncc12. The maximum Gasteiger partial charge on any atom is 0.154 e.